The van der Waals surface area contributed by atoms with E-state index in [1.165, 1.54) is 31.6 Å². The number of carbonyl (C=O) groups is 1. The van der Waals surface area contributed by atoms with Gasteiger partial charge in [-0.15, -0.1) is 0 Å². The Bertz CT molecular complexity index is 2520. The van der Waals surface area contributed by atoms with Crippen LogP contribution in [0.3, 0.4) is 0 Å². The summed E-state index contributed by atoms with van der Waals surface area (Å²) in [6.07, 6.45) is -5.37. The van der Waals surface area contributed by atoms with Crippen LogP contribution in [0.1, 0.15) is 66.1 Å². The van der Waals surface area contributed by atoms with Gasteiger partial charge in [0.05, 0.1) is 29.6 Å². The van der Waals surface area contributed by atoms with Gasteiger partial charge in [0.25, 0.3) is 10.2 Å². The van der Waals surface area contributed by atoms with Gasteiger partial charge in [0.1, 0.15) is 36.1 Å². The summed E-state index contributed by atoms with van der Waals surface area (Å²) in [4.78, 5) is 18.6. The fraction of sp³-hybridized carbons (Fsp3) is 0.351. The molecule has 0 saturated heterocycles. The highest BCUT2D eigenvalue weighted by molar-refractivity contribution is 7.90. The highest BCUT2D eigenvalue weighted by atomic mass is 32.2. The van der Waals surface area contributed by atoms with Crippen molar-refractivity contribution >= 4 is 32.8 Å². The van der Waals surface area contributed by atoms with Crippen LogP contribution in [-0.2, 0) is 47.9 Å². The van der Waals surface area contributed by atoms with Gasteiger partial charge in [-0.3, -0.25) is 23.3 Å². The van der Waals surface area contributed by atoms with Crippen LogP contribution >= 0.6 is 0 Å². The lowest BCUT2D eigenvalue weighted by Crippen LogP contribution is -2.34. The van der Waals surface area contributed by atoms with Crippen molar-refractivity contribution in [2.45, 2.75) is 63.6 Å². The minimum atomic E-state index is -5.05. The number of aromatic nitrogens is 5. The Morgan fingerprint density at radius 1 is 1.07 bits per heavy atom. The second kappa shape index (κ2) is 15.4. The number of rotatable bonds is 12. The van der Waals surface area contributed by atoms with Crippen molar-refractivity contribution in [1.82, 2.24) is 29.9 Å². The van der Waals surface area contributed by atoms with Crippen LogP contribution in [-0.4, -0.2) is 56.3 Å². The second-order valence-electron chi connectivity index (χ2n) is 14.1. The molecule has 3 aromatic heterocycles. The van der Waals surface area contributed by atoms with Gasteiger partial charge in [-0.05, 0) is 80.3 Å². The van der Waals surface area contributed by atoms with Crippen molar-refractivity contribution in [3.8, 4) is 23.0 Å². The predicted octanol–water partition coefficient (Wildman–Crippen LogP) is 5.51. The number of alkyl halides is 5. The smallest absolute Gasteiger partial charge is 0.378 e. The SMILES string of the molecule is Cn1nc(NS(N)(=O)=O)c2cccc(-c3ccc(C#CC(C)(C)O)nc3[C@H](Cc3cc(F)cc(F)c3)NC(=O)Cn3nc(C(F)(F)F)c([C@H]4CC4CF)c3CF)c21. The van der Waals surface area contributed by atoms with Gasteiger partial charge < -0.3 is 10.4 Å². The third-order valence-electron chi connectivity index (χ3n) is 9.12. The molecule has 1 amide bonds. The number of hydrogen-bond acceptors (Lipinski definition) is 7. The van der Waals surface area contributed by atoms with Crippen molar-refractivity contribution in [1.29, 1.82) is 0 Å². The third-order valence-corrected chi connectivity index (χ3v) is 9.60. The summed E-state index contributed by atoms with van der Waals surface area (Å²) >= 11 is 0. The Hall–Kier alpha value is -5.52. The lowest BCUT2D eigenvalue weighted by molar-refractivity contribution is -0.142. The monoisotopic (exact) mass is 820 g/mol. The molecule has 0 radical (unpaired) electrons. The molecule has 3 atom stereocenters. The molecule has 5 aromatic rings. The Balaban J connectivity index is 1.51. The minimum absolute atomic E-state index is 0.0110. The number of aryl methyl sites for hydroxylation is 1. The van der Waals surface area contributed by atoms with Crippen LogP contribution in [0.25, 0.3) is 22.0 Å². The number of pyridine rings is 1. The molecule has 0 aliphatic heterocycles. The number of amides is 1. The summed E-state index contributed by atoms with van der Waals surface area (Å²) in [6.45, 7) is -0.476. The van der Waals surface area contributed by atoms with Crippen LogP contribution in [0.5, 0.6) is 0 Å². The van der Waals surface area contributed by atoms with E-state index in [9.17, 15) is 49.1 Å². The van der Waals surface area contributed by atoms with Crippen molar-refractivity contribution in [2.24, 2.45) is 18.1 Å². The Kier molecular flexibility index (Phi) is 11.1. The molecule has 1 saturated carbocycles. The number of hydrogen-bond donors (Lipinski definition) is 4. The van der Waals surface area contributed by atoms with Gasteiger partial charge in [-0.2, -0.15) is 31.8 Å². The molecule has 0 bridgehead atoms. The van der Waals surface area contributed by atoms with E-state index in [-0.39, 0.29) is 46.6 Å². The molecule has 302 valence electrons. The van der Waals surface area contributed by atoms with Gasteiger partial charge in [0.15, 0.2) is 11.5 Å². The minimum Gasteiger partial charge on any atom is -0.378 e. The fourth-order valence-electron chi connectivity index (χ4n) is 6.73. The van der Waals surface area contributed by atoms with Crippen molar-refractivity contribution in [3.05, 3.63) is 94.1 Å². The molecule has 1 fully saturated rings. The van der Waals surface area contributed by atoms with Gasteiger partial charge in [0, 0.05) is 35.2 Å². The molecule has 57 heavy (non-hydrogen) atoms. The summed E-state index contributed by atoms with van der Waals surface area (Å²) in [5, 5.41) is 26.2. The molecule has 2 aromatic carbocycles. The van der Waals surface area contributed by atoms with E-state index < -0.39 is 94.3 Å². The number of halogens is 7. The van der Waals surface area contributed by atoms with Crippen LogP contribution in [0, 0.1) is 29.4 Å². The van der Waals surface area contributed by atoms with E-state index in [4.69, 9.17) is 5.14 Å². The van der Waals surface area contributed by atoms with Gasteiger partial charge in [0.2, 0.25) is 5.91 Å². The zero-order valence-electron chi connectivity index (χ0n) is 30.4. The van der Waals surface area contributed by atoms with Crippen LogP contribution < -0.4 is 15.2 Å². The molecule has 0 spiro atoms. The first kappa shape index (κ1) is 41.1. The van der Waals surface area contributed by atoms with E-state index in [0.717, 1.165) is 12.1 Å². The first-order valence-electron chi connectivity index (χ1n) is 17.2. The fourth-order valence-corrected chi connectivity index (χ4v) is 7.15. The Labute approximate surface area is 321 Å². The third kappa shape index (κ3) is 9.38. The van der Waals surface area contributed by atoms with Crippen LogP contribution in [0.15, 0.2) is 48.5 Å². The highest BCUT2D eigenvalue weighted by Crippen LogP contribution is 2.52. The van der Waals surface area contributed by atoms with Crippen molar-refractivity contribution in [3.63, 3.8) is 0 Å². The van der Waals surface area contributed by atoms with Crippen molar-refractivity contribution < 1.29 is 49.1 Å². The van der Waals surface area contributed by atoms with Gasteiger partial charge >= 0.3 is 6.18 Å². The molecule has 5 N–H and O–H groups in total. The van der Waals surface area contributed by atoms with E-state index in [2.05, 4.69) is 37.1 Å². The standard InChI is InChI=1S/C37H35F7N8O4S/c1-36(2,54)10-9-23-7-8-24(25-5-4-6-26-33(25)51(3)49-35(26)50-57(45,55)56)32(46-23)28(13-19-11-21(40)15-22(41)12-19)47-30(53)18-52-29(17-39)31(27-14-20(27)16-38)34(48-52)37(42,43)44/h4-8,11-12,15,20,27-28,54H,13-14,16-18H2,1-3H3,(H,47,53)(H,49,50)(H2,45,55,56)/t20?,27-,28-/m0/s1. The molecule has 1 aliphatic carbocycles. The van der Waals surface area contributed by atoms with E-state index in [0.29, 0.717) is 21.8 Å². The molecule has 12 nitrogen and oxygen atoms in total. The maximum Gasteiger partial charge on any atom is 0.435 e. The van der Waals surface area contributed by atoms with E-state index in [1.807, 2.05) is 0 Å². The Morgan fingerprint density at radius 2 is 1.77 bits per heavy atom. The molecule has 6 rings (SSSR count). The number of fused-ring (bicyclic) bond motifs is 1. The molecular weight excluding hydrogens is 786 g/mol. The number of nitrogens with one attached hydrogen (secondary N) is 2. The second-order valence-corrected chi connectivity index (χ2v) is 15.4. The summed E-state index contributed by atoms with van der Waals surface area (Å²) in [6, 6.07) is 9.05. The average Bonchev–Trinajstić information content (AvgIpc) is 3.69. The topological polar surface area (TPSA) is 170 Å². The molecule has 3 heterocycles. The van der Waals surface area contributed by atoms with Gasteiger partial charge in [-0.1, -0.05) is 18.1 Å². The molecule has 1 aliphatic rings. The molecule has 20 heteroatoms. The van der Waals surface area contributed by atoms with E-state index in [1.54, 1.807) is 24.3 Å². The summed E-state index contributed by atoms with van der Waals surface area (Å²) < 4.78 is 127. The quantitative estimate of drug-likeness (QED) is 0.0951. The number of anilines is 1. The lowest BCUT2D eigenvalue weighted by atomic mass is 9.93. The summed E-state index contributed by atoms with van der Waals surface area (Å²) in [5.41, 5.74) is -2.92. The zero-order chi connectivity index (χ0) is 41.6. The lowest BCUT2D eigenvalue weighted by Gasteiger charge is -2.23. The predicted molar refractivity (Wildman–Crippen MR) is 194 cm³/mol. The van der Waals surface area contributed by atoms with E-state index >= 15 is 0 Å². The zero-order valence-corrected chi connectivity index (χ0v) is 31.2. The number of benzene rings is 2. The Morgan fingerprint density at radius 3 is 2.37 bits per heavy atom. The highest BCUT2D eigenvalue weighted by Gasteiger charge is 2.49. The van der Waals surface area contributed by atoms with Crippen LogP contribution in [0.2, 0.25) is 0 Å². The molecular formula is C37H35F7N8O4S. The van der Waals surface area contributed by atoms with Crippen LogP contribution in [0.4, 0.5) is 36.6 Å². The van der Waals surface area contributed by atoms with Crippen molar-refractivity contribution in [2.75, 3.05) is 11.4 Å². The number of carbonyl (C=O) groups excluding carboxylic acids is 1. The maximum absolute atomic E-state index is 14.5. The first-order chi connectivity index (χ1) is 26.7. The van der Waals surface area contributed by atoms with Gasteiger partial charge in [-0.25, -0.2) is 23.3 Å². The number of para-hydroxylation sites is 1. The number of nitrogens with zero attached hydrogens (tertiary/aromatic N) is 5. The normalized spacial score (nSPS) is 16.3. The largest absolute Gasteiger partial charge is 0.435 e. The summed E-state index contributed by atoms with van der Waals surface area (Å²) in [7, 11) is -2.76. The first-order valence-corrected chi connectivity index (χ1v) is 18.8. The number of nitrogens with two attached hydrogens (primary N) is 1. The molecule has 1 unspecified atom stereocenters. The maximum atomic E-state index is 14.5. The summed E-state index contributed by atoms with van der Waals surface area (Å²) in [5.74, 6) is 0.617. The average molecular weight is 821 g/mol. The number of aliphatic hydroxyl groups is 1.